The van der Waals surface area contributed by atoms with Gasteiger partial charge in [0.25, 0.3) is 0 Å². The quantitative estimate of drug-likeness (QED) is 0.0831. The number of carbonyl (C=O) groups excluding carboxylic acids is 8. The molecule has 8 saturated carbocycles. The van der Waals surface area contributed by atoms with E-state index in [2.05, 4.69) is 162 Å². The molecule has 4 aromatic heterocycles. The van der Waals surface area contributed by atoms with Crippen LogP contribution in [0.5, 0.6) is 0 Å². The van der Waals surface area contributed by atoms with E-state index in [9.17, 15) is 38.4 Å². The van der Waals surface area contributed by atoms with E-state index in [1.165, 1.54) is 79.7 Å². The first-order chi connectivity index (χ1) is 67.6. The summed E-state index contributed by atoms with van der Waals surface area (Å²) in [6.07, 6.45) is 55.0. The first-order valence-corrected chi connectivity index (χ1v) is 53.2. The fourth-order valence-corrected chi connectivity index (χ4v) is 34.1. The summed E-state index contributed by atoms with van der Waals surface area (Å²) in [4.78, 5) is 110. The zero-order chi connectivity index (χ0) is 97.3. The van der Waals surface area contributed by atoms with Gasteiger partial charge in [-0.15, -0.1) is 13.2 Å². The molecule has 724 valence electrons. The molecule has 0 saturated heterocycles. The topological polar surface area (TPSA) is 198 Å². The van der Waals surface area contributed by atoms with Crippen molar-refractivity contribution < 1.29 is 47.2 Å². The van der Waals surface area contributed by atoms with Gasteiger partial charge in [0.1, 0.15) is 23.1 Å². The number of carbonyl (C=O) groups is 8. The van der Waals surface area contributed by atoms with Crippen molar-refractivity contribution in [1.82, 2.24) is 19.1 Å². The smallest absolute Gasteiger partial charge is 0.156 e. The molecule has 0 amide bonds. The van der Waals surface area contributed by atoms with Crippen molar-refractivity contribution >= 4 is 46.3 Å². The standard InChI is InChI=1S/C32H36O3.C32H34O3.C31H36N2O2.C31H34N2O2/c2*1-4-20-16-29-27-11-9-23-15-25(34)10-12-26(23)30(27)28(17-32(29,3)31(20)19(2)33)22-7-5-21(6-8-22)24-13-14-35-18-24;2*1-4-20-16-28-26-11-7-22-15-24(35)10-12-25(22)29(26)27(17-31(28,3)30(20)19(2)34)21-5-8-23(9-6-21)33-14-13-32-18-33/h5-8,13-15,18,20,27-29,31H,4,9-12,16-17H2,1-3H3;4-8,13-15,18,20,27-29,31H,1,9-12,16-17H2,2-3H3;5-6,8-9,13-15,18,20,26-28,30H,4,7,10-12,16-17H2,1-3H3;4-6,8-9,13-15,18,20,26-28,30H,1,7,10-12,16-17H2,2-3H3/t2*20-,27?,28-,29?,31+,32+;2*20-,26?,27-,28?,30+,31+/m1111/s1. The number of benzene rings is 4. The Hall–Kier alpha value is -11.4. The van der Waals surface area contributed by atoms with Crippen molar-refractivity contribution in [2.24, 2.45) is 116 Å². The lowest BCUT2D eigenvalue weighted by Gasteiger charge is -2.52. The number of hydrogen-bond acceptors (Lipinski definition) is 12. The monoisotopic (exact) mass is 1870 g/mol. The molecule has 8 unspecified atom stereocenters. The van der Waals surface area contributed by atoms with Gasteiger partial charge in [-0.1, -0.05) is 162 Å². The molecule has 0 bridgehead atoms. The van der Waals surface area contributed by atoms with E-state index in [0.717, 1.165) is 162 Å². The first-order valence-electron chi connectivity index (χ1n) is 53.2. The predicted molar refractivity (Wildman–Crippen MR) is 550 cm³/mol. The summed E-state index contributed by atoms with van der Waals surface area (Å²) in [5.41, 5.74) is 29.4. The predicted octanol–water partition coefficient (Wildman–Crippen LogP) is 28.2. The van der Waals surface area contributed by atoms with Crippen LogP contribution in [0.1, 0.15) is 282 Å². The SMILES string of the molecule is C=C[C@@H]1CC2C3CCC4=CC(=O)CCC4=C3[C@@H](c3ccc(-c4ccoc4)cc3)C[C@]2(C)[C@H]1C(C)=O.C=C[C@@H]1CC2C3CCC4=CC(=O)CCC4=C3[C@@H](c3ccc(-n4ccnc4)cc3)C[C@]2(C)[C@H]1C(C)=O.CC[C@@H]1CC2C3CCC4=CC(=O)CCC4=C3[C@@H](c3ccc(-c4ccoc4)cc3)C[C@]2(C)[C@H]1C(C)=O.CC[C@@H]1CC2C3CCC4=CC(=O)CCC4=C3[C@@H](c3ccc(-n4ccnc4)cc3)C[C@]2(C)[C@H]1C(C)=O. The van der Waals surface area contributed by atoms with E-state index in [0.29, 0.717) is 120 Å². The van der Waals surface area contributed by atoms with Gasteiger partial charge in [-0.2, -0.15) is 0 Å². The van der Waals surface area contributed by atoms with Crippen LogP contribution in [0.4, 0.5) is 0 Å². The van der Waals surface area contributed by atoms with Gasteiger partial charge in [-0.05, 0) is 387 Å². The van der Waals surface area contributed by atoms with Crippen molar-refractivity contribution in [3.05, 3.63) is 310 Å². The van der Waals surface area contributed by atoms with Crippen molar-refractivity contribution in [3.8, 4) is 33.6 Å². The number of aromatic nitrogens is 4. The highest BCUT2D eigenvalue weighted by molar-refractivity contribution is 5.95. The maximum Gasteiger partial charge on any atom is 0.156 e. The molecule has 14 heteroatoms. The highest BCUT2D eigenvalue weighted by atomic mass is 16.3. The minimum atomic E-state index is -0.0429. The first kappa shape index (κ1) is 94.8. The molecule has 8 fully saturated rings. The van der Waals surface area contributed by atoms with Gasteiger partial charge < -0.3 is 18.0 Å². The second-order valence-electron chi connectivity index (χ2n) is 46.2. The molecule has 24 atom stereocenters. The number of imidazole rings is 2. The third-order valence-electron chi connectivity index (χ3n) is 39.4. The van der Waals surface area contributed by atoms with Crippen LogP contribution in [0.3, 0.4) is 0 Å². The Morgan fingerprint density at radius 1 is 0.364 bits per heavy atom. The van der Waals surface area contributed by atoms with Crippen molar-refractivity contribution in [3.63, 3.8) is 0 Å². The van der Waals surface area contributed by atoms with Gasteiger partial charge in [-0.25, -0.2) is 9.97 Å². The van der Waals surface area contributed by atoms with E-state index >= 15 is 0 Å². The lowest BCUT2D eigenvalue weighted by molar-refractivity contribution is -0.127. The lowest BCUT2D eigenvalue weighted by atomic mass is 9.51. The molecule has 0 spiro atoms. The third kappa shape index (κ3) is 16.4. The highest BCUT2D eigenvalue weighted by Gasteiger charge is 2.66. The van der Waals surface area contributed by atoms with Crippen LogP contribution in [-0.2, 0) is 38.4 Å². The second-order valence-corrected chi connectivity index (χ2v) is 46.2. The molecule has 16 aliphatic carbocycles. The summed E-state index contributed by atoms with van der Waals surface area (Å²) >= 11 is 0. The number of fused-ring (bicyclic) bond motifs is 16. The van der Waals surface area contributed by atoms with E-state index in [4.69, 9.17) is 8.83 Å². The summed E-state index contributed by atoms with van der Waals surface area (Å²) in [5.74, 6) is 9.60. The van der Waals surface area contributed by atoms with E-state index in [-0.39, 0.29) is 92.1 Å². The third-order valence-corrected chi connectivity index (χ3v) is 39.4. The number of nitrogens with zero attached hydrogens (tertiary/aromatic N) is 4. The fourth-order valence-electron chi connectivity index (χ4n) is 34.1. The van der Waals surface area contributed by atoms with Gasteiger partial charge >= 0.3 is 0 Å². The fraction of sp³-hybridized carbons (Fsp3) is 0.476. The number of furan rings is 2. The Labute approximate surface area is 827 Å². The molecule has 140 heavy (non-hydrogen) atoms. The number of rotatable bonds is 16. The van der Waals surface area contributed by atoms with Crippen LogP contribution in [0.25, 0.3) is 33.6 Å². The van der Waals surface area contributed by atoms with E-state index in [1.54, 1.807) is 73.6 Å². The largest absolute Gasteiger partial charge is 0.472 e. The summed E-state index contributed by atoms with van der Waals surface area (Å²) in [5, 5.41) is 0. The van der Waals surface area contributed by atoms with Gasteiger partial charge in [0, 0.05) is 120 Å². The van der Waals surface area contributed by atoms with Crippen LogP contribution < -0.4 is 0 Å². The summed E-state index contributed by atoms with van der Waals surface area (Å²) in [6, 6.07) is 39.8. The van der Waals surface area contributed by atoms with Crippen LogP contribution in [0.2, 0.25) is 0 Å². The van der Waals surface area contributed by atoms with Crippen molar-refractivity contribution in [1.29, 1.82) is 0 Å². The molecule has 4 aromatic carbocycles. The molecule has 14 nitrogen and oxygen atoms in total. The Morgan fingerprint density at radius 3 is 0.893 bits per heavy atom. The Kier molecular flexibility index (Phi) is 25.6. The Balaban J connectivity index is 0.000000111. The van der Waals surface area contributed by atoms with E-state index < -0.39 is 0 Å². The highest BCUT2D eigenvalue weighted by Crippen LogP contribution is 2.73. The Morgan fingerprint density at radius 2 is 0.643 bits per heavy atom. The normalized spacial score (nSPS) is 34.1. The molecule has 4 heterocycles. The summed E-state index contributed by atoms with van der Waals surface area (Å²) < 4.78 is 14.6. The number of Topliss-reactive ketones (excluding diaryl/α,β-unsaturated/α-hetero) is 4. The van der Waals surface area contributed by atoms with Gasteiger partial charge in [0.2, 0.25) is 0 Å². The summed E-state index contributed by atoms with van der Waals surface area (Å²) in [7, 11) is 0. The average Bonchev–Trinajstić information content (AvgIpc) is 1.53. The van der Waals surface area contributed by atoms with Crippen molar-refractivity contribution in [2.75, 3.05) is 0 Å². The molecule has 0 aliphatic heterocycles. The number of allylic oxidation sites excluding steroid dienone is 18. The minimum absolute atomic E-state index is 0.0284. The van der Waals surface area contributed by atoms with Crippen molar-refractivity contribution in [2.45, 2.75) is 260 Å². The minimum Gasteiger partial charge on any atom is -0.472 e. The molecule has 0 N–H and O–H groups in total. The van der Waals surface area contributed by atoms with Crippen LogP contribution >= 0.6 is 0 Å². The molecule has 8 aromatic rings. The maximum absolute atomic E-state index is 13.1. The van der Waals surface area contributed by atoms with Gasteiger partial charge in [0.05, 0.1) is 37.7 Å². The zero-order valence-electron chi connectivity index (χ0n) is 83.8. The zero-order valence-corrected chi connectivity index (χ0v) is 83.8. The molecule has 16 aliphatic rings. The van der Waals surface area contributed by atoms with Gasteiger partial charge in [-0.3, -0.25) is 38.4 Å². The second kappa shape index (κ2) is 37.8. The maximum atomic E-state index is 13.1. The number of hydrogen-bond donors (Lipinski definition) is 0. The van der Waals surface area contributed by atoms with Gasteiger partial charge in [0.15, 0.2) is 23.1 Å². The van der Waals surface area contributed by atoms with E-state index in [1.807, 2.05) is 96.6 Å². The van der Waals surface area contributed by atoms with Crippen LogP contribution in [0, 0.1) is 116 Å². The average molecular weight is 1870 g/mol. The summed E-state index contributed by atoms with van der Waals surface area (Å²) in [6.45, 7) is 29.7. The molecular formula is C126H140N4O10. The molecular weight excluding hydrogens is 1730 g/mol. The van der Waals surface area contributed by atoms with Crippen LogP contribution in [0.15, 0.2) is 297 Å². The molecule has 24 rings (SSSR count). The van der Waals surface area contributed by atoms with Crippen LogP contribution in [-0.4, -0.2) is 65.4 Å². The lowest BCUT2D eigenvalue weighted by Crippen LogP contribution is -2.45. The molecule has 0 radical (unpaired) electrons. The Bertz CT molecular complexity index is 6100. The number of ketones is 8.